The highest BCUT2D eigenvalue weighted by atomic mass is 16.1. The Labute approximate surface area is 126 Å². The zero-order valence-electron chi connectivity index (χ0n) is 11.9. The molecule has 3 nitrogen and oxygen atoms in total. The van der Waals surface area contributed by atoms with E-state index in [0.29, 0.717) is 11.0 Å². The lowest BCUT2D eigenvalue weighted by Crippen LogP contribution is -2.47. The number of carbonyl (C=O) groups is 1. The second-order valence-corrected chi connectivity index (χ2v) is 5.25. The molecule has 0 atom stereocenters. The molecule has 1 aliphatic heterocycles. The number of nitrogens with zero attached hydrogens (tertiary/aromatic N) is 2. The number of hydrogen-bond acceptors (Lipinski definition) is 3. The number of aldehydes is 1. The normalized spacial score (nSPS) is 15.0. The Morgan fingerprint density at radius 3 is 2.19 bits per heavy atom. The first-order valence-corrected chi connectivity index (χ1v) is 7.17. The Bertz CT molecular complexity index is 622. The van der Waals surface area contributed by atoms with Crippen LogP contribution in [0.1, 0.15) is 10.4 Å². The average molecular weight is 276 g/mol. The third kappa shape index (κ3) is 2.94. The minimum absolute atomic E-state index is 0.624. The molecule has 1 saturated heterocycles. The van der Waals surface area contributed by atoms with Gasteiger partial charge in [-0.05, 0) is 24.3 Å². The van der Waals surface area contributed by atoms with Crippen molar-refractivity contribution in [3.05, 3.63) is 54.1 Å². The molecule has 1 fully saturated rings. The van der Waals surface area contributed by atoms with Crippen LogP contribution in [0.4, 0.5) is 11.4 Å². The van der Waals surface area contributed by atoms with Gasteiger partial charge in [0.15, 0.2) is 0 Å². The van der Waals surface area contributed by atoms with Crippen molar-refractivity contribution in [2.75, 3.05) is 36.0 Å². The van der Waals surface area contributed by atoms with Crippen LogP contribution in [0, 0.1) is 0 Å². The minimum atomic E-state index is 0.624. The van der Waals surface area contributed by atoms with E-state index in [2.05, 4.69) is 34.1 Å². The molecule has 104 valence electrons. The fourth-order valence-corrected chi connectivity index (χ4v) is 2.78. The summed E-state index contributed by atoms with van der Waals surface area (Å²) in [5.74, 6) is 0. The molecular formula is C17H17BN2O. The zero-order valence-corrected chi connectivity index (χ0v) is 11.9. The third-order valence-electron chi connectivity index (χ3n) is 3.93. The molecule has 0 aromatic heterocycles. The van der Waals surface area contributed by atoms with Gasteiger partial charge in [-0.1, -0.05) is 29.7 Å². The number of benzene rings is 2. The topological polar surface area (TPSA) is 23.6 Å². The van der Waals surface area contributed by atoms with Crippen molar-refractivity contribution in [3.8, 4) is 0 Å². The molecule has 1 heterocycles. The highest BCUT2D eigenvalue weighted by molar-refractivity contribution is 6.36. The SMILES string of the molecule is [B]c1cc(C=O)ccc1N1CCN(c2ccccc2)CC1. The standard InChI is InChI=1S/C17H17BN2O/c18-16-12-14(13-21)6-7-17(16)20-10-8-19(9-11-20)15-4-2-1-3-5-15/h1-7,12-13H,8-11H2. The van der Waals surface area contributed by atoms with Gasteiger partial charge in [0, 0.05) is 43.1 Å². The van der Waals surface area contributed by atoms with E-state index in [0.717, 1.165) is 38.2 Å². The van der Waals surface area contributed by atoms with Gasteiger partial charge in [-0.3, -0.25) is 4.79 Å². The quantitative estimate of drug-likeness (QED) is 0.628. The van der Waals surface area contributed by atoms with E-state index in [4.69, 9.17) is 7.85 Å². The monoisotopic (exact) mass is 276 g/mol. The maximum absolute atomic E-state index is 10.8. The van der Waals surface area contributed by atoms with Crippen LogP contribution in [0.3, 0.4) is 0 Å². The van der Waals surface area contributed by atoms with Crippen molar-refractivity contribution in [1.29, 1.82) is 0 Å². The molecule has 2 radical (unpaired) electrons. The lowest BCUT2D eigenvalue weighted by molar-refractivity contribution is 0.112. The second kappa shape index (κ2) is 6.04. The molecule has 4 heteroatoms. The fraction of sp³-hybridized carbons (Fsp3) is 0.235. The van der Waals surface area contributed by atoms with Crippen LogP contribution in [-0.2, 0) is 0 Å². The van der Waals surface area contributed by atoms with Gasteiger partial charge in [0.25, 0.3) is 0 Å². The molecule has 0 N–H and O–H groups in total. The summed E-state index contributed by atoms with van der Waals surface area (Å²) in [6.07, 6.45) is 0.827. The fourth-order valence-electron chi connectivity index (χ4n) is 2.78. The maximum atomic E-state index is 10.8. The molecule has 1 aliphatic rings. The lowest BCUT2D eigenvalue weighted by atomic mass is 9.91. The van der Waals surface area contributed by atoms with Crippen LogP contribution >= 0.6 is 0 Å². The Morgan fingerprint density at radius 1 is 0.905 bits per heavy atom. The van der Waals surface area contributed by atoms with Gasteiger partial charge in [0.1, 0.15) is 14.1 Å². The molecule has 2 aromatic carbocycles. The minimum Gasteiger partial charge on any atom is -0.368 e. The van der Waals surface area contributed by atoms with E-state index >= 15 is 0 Å². The van der Waals surface area contributed by atoms with Gasteiger partial charge in [-0.2, -0.15) is 0 Å². The summed E-state index contributed by atoms with van der Waals surface area (Å²) >= 11 is 0. The summed E-state index contributed by atoms with van der Waals surface area (Å²) in [6, 6.07) is 16.0. The number of carbonyl (C=O) groups excluding carboxylic acids is 1. The zero-order chi connectivity index (χ0) is 14.7. The summed E-state index contributed by atoms with van der Waals surface area (Å²) in [6.45, 7) is 3.80. The Morgan fingerprint density at radius 2 is 1.57 bits per heavy atom. The predicted molar refractivity (Wildman–Crippen MR) is 88.1 cm³/mol. The van der Waals surface area contributed by atoms with Crippen LogP contribution in [0.5, 0.6) is 0 Å². The van der Waals surface area contributed by atoms with Crippen LogP contribution in [-0.4, -0.2) is 40.3 Å². The summed E-state index contributed by atoms with van der Waals surface area (Å²) in [7, 11) is 6.06. The first-order valence-electron chi connectivity index (χ1n) is 7.17. The van der Waals surface area contributed by atoms with E-state index in [9.17, 15) is 4.79 Å². The second-order valence-electron chi connectivity index (χ2n) is 5.25. The van der Waals surface area contributed by atoms with Gasteiger partial charge in [-0.15, -0.1) is 0 Å². The Hall–Kier alpha value is -2.23. The van der Waals surface area contributed by atoms with Crippen molar-refractivity contribution in [1.82, 2.24) is 0 Å². The molecule has 0 bridgehead atoms. The Kier molecular flexibility index (Phi) is 3.95. The first-order chi connectivity index (χ1) is 10.3. The van der Waals surface area contributed by atoms with Crippen LogP contribution < -0.4 is 15.3 Å². The smallest absolute Gasteiger partial charge is 0.150 e. The van der Waals surface area contributed by atoms with Gasteiger partial charge in [0.2, 0.25) is 0 Å². The van der Waals surface area contributed by atoms with Crippen LogP contribution in [0.2, 0.25) is 0 Å². The largest absolute Gasteiger partial charge is 0.368 e. The summed E-state index contributed by atoms with van der Waals surface area (Å²) in [4.78, 5) is 15.4. The number of hydrogen-bond donors (Lipinski definition) is 0. The number of piperazine rings is 1. The van der Waals surface area contributed by atoms with Gasteiger partial charge in [0.05, 0.1) is 0 Å². The van der Waals surface area contributed by atoms with Gasteiger partial charge in [-0.25, -0.2) is 0 Å². The van der Waals surface area contributed by atoms with Crippen molar-refractivity contribution < 1.29 is 4.79 Å². The van der Waals surface area contributed by atoms with Gasteiger partial charge < -0.3 is 9.80 Å². The first kappa shape index (κ1) is 13.7. The van der Waals surface area contributed by atoms with E-state index in [-0.39, 0.29) is 0 Å². The molecular weight excluding hydrogens is 259 g/mol. The van der Waals surface area contributed by atoms with E-state index in [1.807, 2.05) is 18.2 Å². The van der Waals surface area contributed by atoms with Crippen molar-refractivity contribution in [2.45, 2.75) is 0 Å². The third-order valence-corrected chi connectivity index (χ3v) is 3.93. The van der Waals surface area contributed by atoms with Crippen molar-refractivity contribution in [3.63, 3.8) is 0 Å². The van der Waals surface area contributed by atoms with Gasteiger partial charge >= 0.3 is 0 Å². The van der Waals surface area contributed by atoms with E-state index < -0.39 is 0 Å². The number of rotatable bonds is 3. The van der Waals surface area contributed by atoms with Crippen molar-refractivity contribution in [2.24, 2.45) is 0 Å². The summed E-state index contributed by atoms with van der Waals surface area (Å²) < 4.78 is 0. The molecule has 0 saturated carbocycles. The van der Waals surface area contributed by atoms with Crippen LogP contribution in [0.15, 0.2) is 48.5 Å². The molecule has 0 unspecified atom stereocenters. The summed E-state index contributed by atoms with van der Waals surface area (Å²) in [5, 5.41) is 0. The maximum Gasteiger partial charge on any atom is 0.150 e. The van der Waals surface area contributed by atoms with E-state index in [1.54, 1.807) is 6.07 Å². The number of para-hydroxylation sites is 1. The Balaban J connectivity index is 1.70. The predicted octanol–water partition coefficient (Wildman–Crippen LogP) is 1.62. The van der Waals surface area contributed by atoms with Crippen molar-refractivity contribution >= 4 is 31.0 Å². The lowest BCUT2D eigenvalue weighted by Gasteiger charge is -2.38. The average Bonchev–Trinajstić information content (AvgIpc) is 2.56. The highest BCUT2D eigenvalue weighted by Crippen LogP contribution is 2.19. The number of anilines is 2. The molecule has 0 aliphatic carbocycles. The summed E-state index contributed by atoms with van der Waals surface area (Å²) in [5.41, 5.74) is 3.58. The van der Waals surface area contributed by atoms with Crippen LogP contribution in [0.25, 0.3) is 0 Å². The molecule has 2 aromatic rings. The van der Waals surface area contributed by atoms with E-state index in [1.165, 1.54) is 5.69 Å². The highest BCUT2D eigenvalue weighted by Gasteiger charge is 2.18. The molecule has 21 heavy (non-hydrogen) atoms. The molecule has 0 amide bonds. The molecule has 3 rings (SSSR count). The molecule has 0 spiro atoms.